The van der Waals surface area contributed by atoms with Crippen LogP contribution in [0.15, 0.2) is 34.9 Å². The maximum Gasteiger partial charge on any atom is 0.354 e. The summed E-state index contributed by atoms with van der Waals surface area (Å²) in [6.07, 6.45) is 1.50. The Labute approximate surface area is 127 Å². The summed E-state index contributed by atoms with van der Waals surface area (Å²) in [5.74, 6) is -0.187. The van der Waals surface area contributed by atoms with Crippen LogP contribution >= 0.6 is 11.6 Å². The van der Waals surface area contributed by atoms with Gasteiger partial charge in [0.1, 0.15) is 0 Å². The van der Waals surface area contributed by atoms with E-state index in [9.17, 15) is 4.79 Å². The van der Waals surface area contributed by atoms with E-state index in [-0.39, 0.29) is 5.69 Å². The van der Waals surface area contributed by atoms with E-state index in [4.69, 9.17) is 21.1 Å². The van der Waals surface area contributed by atoms with Crippen molar-refractivity contribution in [1.82, 2.24) is 19.9 Å². The third-order valence-electron chi connectivity index (χ3n) is 3.14. The van der Waals surface area contributed by atoms with Crippen LogP contribution in [0.2, 0.25) is 5.02 Å². The lowest BCUT2D eigenvalue weighted by Crippen LogP contribution is -1.99. The van der Waals surface area contributed by atoms with Crippen LogP contribution < -0.4 is 0 Å². The maximum absolute atomic E-state index is 10.9. The number of aromatic carboxylic acids is 1. The molecule has 0 aliphatic carbocycles. The van der Waals surface area contributed by atoms with Gasteiger partial charge in [-0.1, -0.05) is 11.6 Å². The molecule has 4 heterocycles. The lowest BCUT2D eigenvalue weighted by atomic mass is 10.3. The molecule has 108 valence electrons. The number of carboxylic acid groups (broad SMARTS) is 1. The van der Waals surface area contributed by atoms with Gasteiger partial charge in [0.05, 0.1) is 10.5 Å². The van der Waals surface area contributed by atoms with Gasteiger partial charge in [-0.05, 0) is 24.3 Å². The van der Waals surface area contributed by atoms with E-state index in [0.717, 1.165) is 5.39 Å². The van der Waals surface area contributed by atoms with Gasteiger partial charge in [0.2, 0.25) is 5.71 Å². The first-order valence-electron chi connectivity index (χ1n) is 6.26. The van der Waals surface area contributed by atoms with Crippen LogP contribution in [0.4, 0.5) is 0 Å². The maximum atomic E-state index is 10.9. The number of hydrogen-bond acceptors (Lipinski definition) is 5. The number of hydrogen-bond donors (Lipinski definition) is 2. The summed E-state index contributed by atoms with van der Waals surface area (Å²) < 4.78 is 5.61. The molecule has 0 spiro atoms. The Morgan fingerprint density at radius 1 is 1.27 bits per heavy atom. The molecule has 7 nitrogen and oxygen atoms in total. The zero-order valence-electron chi connectivity index (χ0n) is 10.9. The van der Waals surface area contributed by atoms with E-state index in [2.05, 4.69) is 19.9 Å². The molecule has 8 heteroatoms. The fourth-order valence-electron chi connectivity index (χ4n) is 2.15. The molecule has 0 aromatic carbocycles. The molecule has 0 amide bonds. The Morgan fingerprint density at radius 2 is 2.14 bits per heavy atom. The van der Waals surface area contributed by atoms with Crippen LogP contribution in [0.25, 0.3) is 33.8 Å². The Kier molecular flexibility index (Phi) is 2.64. The second-order valence-corrected chi connectivity index (χ2v) is 5.05. The summed E-state index contributed by atoms with van der Waals surface area (Å²) in [5, 5.41) is 10.2. The van der Waals surface area contributed by atoms with Gasteiger partial charge in [-0.25, -0.2) is 19.7 Å². The molecule has 0 saturated carbocycles. The molecule has 4 aromatic heterocycles. The molecule has 0 fully saturated rings. The quantitative estimate of drug-likeness (QED) is 0.589. The number of pyridine rings is 2. The van der Waals surface area contributed by atoms with E-state index in [1.54, 1.807) is 18.2 Å². The number of rotatable bonds is 2. The standard InChI is InChI=1S/C14H7ClN4O3/c15-7-3-6-4-10(22-13(6)16-5-7)12-17-8-1-2-9(14(20)21)18-11(8)19-12/h1-5H,(H,20,21)(H,17,18,19). The fraction of sp³-hybridized carbons (Fsp3) is 0. The number of fused-ring (bicyclic) bond motifs is 2. The molecule has 22 heavy (non-hydrogen) atoms. The number of nitrogens with zero attached hydrogens (tertiary/aromatic N) is 3. The molecule has 0 radical (unpaired) electrons. The molecule has 0 aliphatic rings. The second-order valence-electron chi connectivity index (χ2n) is 4.62. The lowest BCUT2D eigenvalue weighted by Gasteiger charge is -1.91. The minimum Gasteiger partial charge on any atom is -0.477 e. The number of aromatic amines is 1. The highest BCUT2D eigenvalue weighted by atomic mass is 35.5. The Morgan fingerprint density at radius 3 is 2.95 bits per heavy atom. The van der Waals surface area contributed by atoms with Crippen LogP contribution in [-0.4, -0.2) is 31.0 Å². The summed E-state index contributed by atoms with van der Waals surface area (Å²) in [7, 11) is 0. The average Bonchev–Trinajstić information content (AvgIpc) is 3.08. The molecule has 0 atom stereocenters. The highest BCUT2D eigenvalue weighted by Gasteiger charge is 2.14. The number of imidazole rings is 1. The molecule has 4 aromatic rings. The van der Waals surface area contributed by atoms with Gasteiger partial charge in [-0.15, -0.1) is 0 Å². The number of nitrogens with one attached hydrogen (secondary N) is 1. The van der Waals surface area contributed by atoms with Crippen molar-refractivity contribution >= 4 is 39.8 Å². The summed E-state index contributed by atoms with van der Waals surface area (Å²) in [5.41, 5.74) is 1.30. The third-order valence-corrected chi connectivity index (χ3v) is 3.34. The van der Waals surface area contributed by atoms with Crippen molar-refractivity contribution in [2.45, 2.75) is 0 Å². The van der Waals surface area contributed by atoms with E-state index in [1.165, 1.54) is 12.3 Å². The SMILES string of the molecule is O=C(O)c1ccc2[nH]c(-c3cc4cc(Cl)cnc4o3)nc2n1. The predicted molar refractivity (Wildman–Crippen MR) is 78.9 cm³/mol. The zero-order chi connectivity index (χ0) is 15.3. The number of halogens is 1. The van der Waals surface area contributed by atoms with Crippen LogP contribution in [0, 0.1) is 0 Å². The molecule has 4 rings (SSSR count). The van der Waals surface area contributed by atoms with Crippen molar-refractivity contribution in [1.29, 1.82) is 0 Å². The molecule has 0 aliphatic heterocycles. The molecule has 0 unspecified atom stereocenters. The Balaban J connectivity index is 1.86. The number of carbonyl (C=O) groups is 1. The molecule has 0 saturated heterocycles. The van der Waals surface area contributed by atoms with Crippen molar-refractivity contribution in [2.24, 2.45) is 0 Å². The van der Waals surface area contributed by atoms with Gasteiger partial charge in [0.15, 0.2) is 22.9 Å². The minimum absolute atomic E-state index is 0.0661. The highest BCUT2D eigenvalue weighted by Crippen LogP contribution is 2.27. The summed E-state index contributed by atoms with van der Waals surface area (Å²) in [4.78, 5) is 26.3. The number of aromatic nitrogens is 4. The number of H-pyrrole nitrogens is 1. The normalized spacial score (nSPS) is 11.3. The lowest BCUT2D eigenvalue weighted by molar-refractivity contribution is 0.0691. The van der Waals surface area contributed by atoms with Crippen LogP contribution in [0.1, 0.15) is 10.5 Å². The average molecular weight is 315 g/mol. The van der Waals surface area contributed by atoms with Crippen LogP contribution in [0.3, 0.4) is 0 Å². The largest absolute Gasteiger partial charge is 0.477 e. The second kappa shape index (κ2) is 4.54. The van der Waals surface area contributed by atoms with Crippen molar-refractivity contribution in [3.05, 3.63) is 41.2 Å². The smallest absolute Gasteiger partial charge is 0.354 e. The van der Waals surface area contributed by atoms with Crippen molar-refractivity contribution in [3.63, 3.8) is 0 Å². The van der Waals surface area contributed by atoms with Gasteiger partial charge >= 0.3 is 5.97 Å². The topological polar surface area (TPSA) is 105 Å². The van der Waals surface area contributed by atoms with Crippen molar-refractivity contribution in [2.75, 3.05) is 0 Å². The van der Waals surface area contributed by atoms with Gasteiger partial charge in [-0.3, -0.25) is 0 Å². The molecular formula is C14H7ClN4O3. The zero-order valence-corrected chi connectivity index (χ0v) is 11.6. The van der Waals surface area contributed by atoms with Crippen molar-refractivity contribution < 1.29 is 14.3 Å². The van der Waals surface area contributed by atoms with Crippen molar-refractivity contribution in [3.8, 4) is 11.6 Å². The predicted octanol–water partition coefficient (Wildman–Crippen LogP) is 3.12. The summed E-state index contributed by atoms with van der Waals surface area (Å²) >= 11 is 5.89. The first kappa shape index (κ1) is 12.8. The van der Waals surface area contributed by atoms with Gasteiger partial charge in [-0.2, -0.15) is 0 Å². The monoisotopic (exact) mass is 314 g/mol. The molecular weight excluding hydrogens is 308 g/mol. The number of carboxylic acids is 1. The highest BCUT2D eigenvalue weighted by molar-refractivity contribution is 6.31. The van der Waals surface area contributed by atoms with E-state index in [0.29, 0.717) is 33.5 Å². The third kappa shape index (κ3) is 1.99. The fourth-order valence-corrected chi connectivity index (χ4v) is 2.32. The van der Waals surface area contributed by atoms with Gasteiger partial charge in [0.25, 0.3) is 0 Å². The minimum atomic E-state index is -1.10. The first-order valence-corrected chi connectivity index (χ1v) is 6.63. The molecule has 0 bridgehead atoms. The van der Waals surface area contributed by atoms with E-state index < -0.39 is 5.97 Å². The molecule has 2 N–H and O–H groups in total. The van der Waals surface area contributed by atoms with Crippen LogP contribution in [0.5, 0.6) is 0 Å². The van der Waals surface area contributed by atoms with Gasteiger partial charge in [0, 0.05) is 11.6 Å². The Hall–Kier alpha value is -2.93. The van der Waals surface area contributed by atoms with Gasteiger partial charge < -0.3 is 14.5 Å². The van der Waals surface area contributed by atoms with E-state index in [1.807, 2.05) is 0 Å². The first-order chi connectivity index (χ1) is 10.6. The van der Waals surface area contributed by atoms with Crippen LogP contribution in [-0.2, 0) is 0 Å². The Bertz CT molecular complexity index is 1040. The number of furan rings is 1. The summed E-state index contributed by atoms with van der Waals surface area (Å²) in [6.45, 7) is 0. The van der Waals surface area contributed by atoms with E-state index >= 15 is 0 Å². The summed E-state index contributed by atoms with van der Waals surface area (Å²) in [6, 6.07) is 6.51.